The Bertz CT molecular complexity index is 1180. The van der Waals surface area contributed by atoms with Gasteiger partial charge in [0.1, 0.15) is 5.78 Å². The number of benzene rings is 1. The Morgan fingerprint density at radius 3 is 2.16 bits per heavy atom. The molecule has 2 N–H and O–H groups in total. The van der Waals surface area contributed by atoms with E-state index in [2.05, 4.69) is 24.5 Å². The van der Waals surface area contributed by atoms with E-state index in [1.54, 1.807) is 12.1 Å². The number of hydrogen-bond acceptors (Lipinski definition) is 5. The maximum atomic E-state index is 13.4. The van der Waals surface area contributed by atoms with E-state index in [1.165, 1.54) is 4.31 Å². The molecule has 8 nitrogen and oxygen atoms in total. The number of fused-ring (bicyclic) bond motifs is 2. The lowest BCUT2D eigenvalue weighted by atomic mass is 9.70. The van der Waals surface area contributed by atoms with E-state index in [0.717, 1.165) is 32.1 Å². The monoisotopic (exact) mass is 543 g/mol. The van der Waals surface area contributed by atoms with Gasteiger partial charge in [-0.3, -0.25) is 14.4 Å². The maximum Gasteiger partial charge on any atom is 0.251 e. The number of carbonyl (C=O) groups excluding carboxylic acids is 3. The number of Topliss-reactive ketones (excluding diaryl/α,β-unsaturated/α-hetero) is 1. The standard InChI is InChI=1S/C29H41N3O5S/c1-28(2)22-12-15-29(28,25(33)18-22)19-38(36,37)32-16-13-21(14-17-32)27(35)31-24-11-7-6-10-23(24)30-26(34)20-8-4-3-5-9-20/h3-5,8-9,21-24H,6-7,10-19H2,1-2H3,(H,30,34)(H,31,35)/t22-,23+,24+,29+/m0/s1. The molecule has 5 rings (SSSR count). The number of sulfonamides is 1. The molecule has 3 aliphatic carbocycles. The SMILES string of the molecule is CC1(C)[C@H]2CC[C@@]1(CS(=O)(=O)N1CCC(C(=O)N[C@@H]3CCCC[C@H]3NC(=O)c3ccccc3)CC1)C(=O)C2. The lowest BCUT2D eigenvalue weighted by molar-refractivity contribution is -0.128. The number of amides is 2. The lowest BCUT2D eigenvalue weighted by Crippen LogP contribution is -2.55. The predicted molar refractivity (Wildman–Crippen MR) is 145 cm³/mol. The van der Waals surface area contributed by atoms with Crippen molar-refractivity contribution in [3.8, 4) is 0 Å². The average Bonchev–Trinajstić information content (AvgIpc) is 3.24. The molecule has 4 fully saturated rings. The minimum absolute atomic E-state index is 0.0581. The van der Waals surface area contributed by atoms with Gasteiger partial charge in [0.15, 0.2) is 0 Å². The van der Waals surface area contributed by atoms with Gasteiger partial charge in [0.05, 0.1) is 5.75 Å². The summed E-state index contributed by atoms with van der Waals surface area (Å²) in [5.41, 5.74) is -0.459. The predicted octanol–water partition coefficient (Wildman–Crippen LogP) is 3.28. The van der Waals surface area contributed by atoms with Crippen molar-refractivity contribution >= 4 is 27.6 Å². The molecular weight excluding hydrogens is 502 g/mol. The second-order valence-corrected chi connectivity index (χ2v) is 14.4. The summed E-state index contributed by atoms with van der Waals surface area (Å²) in [5, 5.41) is 6.29. The smallest absolute Gasteiger partial charge is 0.251 e. The first-order valence-corrected chi connectivity index (χ1v) is 15.8. The molecule has 0 aromatic heterocycles. The number of nitrogens with zero attached hydrogens (tertiary/aromatic N) is 1. The van der Waals surface area contributed by atoms with Gasteiger partial charge in [-0.1, -0.05) is 44.9 Å². The molecule has 0 spiro atoms. The number of nitrogens with one attached hydrogen (secondary N) is 2. The van der Waals surface area contributed by atoms with Gasteiger partial charge in [0, 0.05) is 48.5 Å². The van der Waals surface area contributed by atoms with Crippen LogP contribution in [0, 0.1) is 22.7 Å². The molecule has 4 aliphatic rings. The highest BCUT2D eigenvalue weighted by molar-refractivity contribution is 7.89. The molecule has 1 aromatic carbocycles. The quantitative estimate of drug-likeness (QED) is 0.548. The van der Waals surface area contributed by atoms with Gasteiger partial charge in [0.25, 0.3) is 5.91 Å². The van der Waals surface area contributed by atoms with Crippen molar-refractivity contribution in [2.75, 3.05) is 18.8 Å². The summed E-state index contributed by atoms with van der Waals surface area (Å²) < 4.78 is 28.4. The first kappa shape index (κ1) is 27.3. The van der Waals surface area contributed by atoms with Crippen LogP contribution in [0.25, 0.3) is 0 Å². The summed E-state index contributed by atoms with van der Waals surface area (Å²) >= 11 is 0. The zero-order valence-electron chi connectivity index (χ0n) is 22.6. The second kappa shape index (κ2) is 10.4. The first-order chi connectivity index (χ1) is 18.0. The van der Waals surface area contributed by atoms with Crippen LogP contribution in [0.2, 0.25) is 0 Å². The fourth-order valence-corrected chi connectivity index (χ4v) is 9.78. The maximum absolute atomic E-state index is 13.4. The number of carbonyl (C=O) groups is 3. The van der Waals surface area contributed by atoms with Crippen LogP contribution < -0.4 is 10.6 Å². The normalized spacial score (nSPS) is 31.7. The Labute approximate surface area is 226 Å². The van der Waals surface area contributed by atoms with Crippen molar-refractivity contribution < 1.29 is 22.8 Å². The summed E-state index contributed by atoms with van der Waals surface area (Å²) in [7, 11) is -3.61. The minimum atomic E-state index is -3.61. The molecule has 38 heavy (non-hydrogen) atoms. The van der Waals surface area contributed by atoms with E-state index in [0.29, 0.717) is 44.3 Å². The third-order valence-electron chi connectivity index (χ3n) is 10.2. The number of piperidine rings is 1. The highest BCUT2D eigenvalue weighted by Crippen LogP contribution is 2.64. The molecule has 3 saturated carbocycles. The van der Waals surface area contributed by atoms with E-state index >= 15 is 0 Å². The summed E-state index contributed by atoms with van der Waals surface area (Å²) in [5.74, 6) is -0.167. The van der Waals surface area contributed by atoms with Crippen LogP contribution in [0.4, 0.5) is 0 Å². The Morgan fingerprint density at radius 2 is 1.58 bits per heavy atom. The van der Waals surface area contributed by atoms with E-state index in [9.17, 15) is 22.8 Å². The van der Waals surface area contributed by atoms with Gasteiger partial charge in [0.2, 0.25) is 15.9 Å². The van der Waals surface area contributed by atoms with Crippen LogP contribution in [0.15, 0.2) is 30.3 Å². The molecule has 0 unspecified atom stereocenters. The third-order valence-corrected chi connectivity index (χ3v) is 12.2. The Balaban J connectivity index is 1.16. The van der Waals surface area contributed by atoms with Crippen molar-refractivity contribution in [1.29, 1.82) is 0 Å². The number of ketones is 1. The van der Waals surface area contributed by atoms with Crippen molar-refractivity contribution in [3.63, 3.8) is 0 Å². The van der Waals surface area contributed by atoms with Gasteiger partial charge in [-0.25, -0.2) is 12.7 Å². The fraction of sp³-hybridized carbons (Fsp3) is 0.690. The Kier molecular flexibility index (Phi) is 7.46. The van der Waals surface area contributed by atoms with Crippen molar-refractivity contribution in [1.82, 2.24) is 14.9 Å². The zero-order valence-corrected chi connectivity index (χ0v) is 23.4. The van der Waals surface area contributed by atoms with Crippen LogP contribution in [-0.2, 0) is 19.6 Å². The number of rotatable bonds is 7. The van der Waals surface area contributed by atoms with E-state index in [1.807, 2.05) is 18.2 Å². The molecule has 1 aromatic rings. The summed E-state index contributed by atoms with van der Waals surface area (Å²) in [4.78, 5) is 38.8. The Hall–Kier alpha value is -2.26. The molecule has 2 bridgehead atoms. The van der Waals surface area contributed by atoms with Gasteiger partial charge in [-0.15, -0.1) is 0 Å². The van der Waals surface area contributed by atoms with Crippen LogP contribution in [-0.4, -0.2) is 61.2 Å². The van der Waals surface area contributed by atoms with Crippen molar-refractivity contribution in [3.05, 3.63) is 35.9 Å². The van der Waals surface area contributed by atoms with Crippen LogP contribution in [0.3, 0.4) is 0 Å². The van der Waals surface area contributed by atoms with Gasteiger partial charge < -0.3 is 10.6 Å². The molecule has 4 atom stereocenters. The topological polar surface area (TPSA) is 113 Å². The molecule has 1 aliphatic heterocycles. The molecule has 1 saturated heterocycles. The lowest BCUT2D eigenvalue weighted by Gasteiger charge is -2.39. The average molecular weight is 544 g/mol. The largest absolute Gasteiger partial charge is 0.351 e. The molecule has 208 valence electrons. The summed E-state index contributed by atoms with van der Waals surface area (Å²) in [6, 6.07) is 8.84. The van der Waals surface area contributed by atoms with E-state index < -0.39 is 15.4 Å². The number of hydrogen-bond donors (Lipinski definition) is 2. The first-order valence-electron chi connectivity index (χ1n) is 14.2. The van der Waals surface area contributed by atoms with Gasteiger partial charge >= 0.3 is 0 Å². The van der Waals surface area contributed by atoms with Crippen molar-refractivity contribution in [2.24, 2.45) is 22.7 Å². The highest BCUT2D eigenvalue weighted by Gasteiger charge is 2.65. The molecule has 0 radical (unpaired) electrons. The third kappa shape index (κ3) is 4.92. The van der Waals surface area contributed by atoms with Crippen LogP contribution in [0.1, 0.15) is 82.0 Å². The zero-order chi connectivity index (χ0) is 27.1. The summed E-state index contributed by atoms with van der Waals surface area (Å²) in [6.07, 6.45) is 6.64. The Morgan fingerprint density at radius 1 is 0.947 bits per heavy atom. The second-order valence-electron chi connectivity index (χ2n) is 12.4. The van der Waals surface area contributed by atoms with E-state index in [4.69, 9.17) is 0 Å². The van der Waals surface area contributed by atoms with Gasteiger partial charge in [-0.2, -0.15) is 0 Å². The highest BCUT2D eigenvalue weighted by atomic mass is 32.2. The van der Waals surface area contributed by atoms with Crippen LogP contribution in [0.5, 0.6) is 0 Å². The minimum Gasteiger partial charge on any atom is -0.351 e. The van der Waals surface area contributed by atoms with E-state index in [-0.39, 0.29) is 52.7 Å². The molecular formula is C29H41N3O5S. The fourth-order valence-electron chi connectivity index (χ4n) is 7.53. The van der Waals surface area contributed by atoms with Crippen LogP contribution >= 0.6 is 0 Å². The summed E-state index contributed by atoms with van der Waals surface area (Å²) in [6.45, 7) is 4.71. The molecule has 1 heterocycles. The molecule has 2 amide bonds. The van der Waals surface area contributed by atoms with Crippen molar-refractivity contribution in [2.45, 2.75) is 83.7 Å². The van der Waals surface area contributed by atoms with Gasteiger partial charge in [-0.05, 0) is 62.0 Å². The molecule has 9 heteroatoms.